The van der Waals surface area contributed by atoms with Crippen molar-refractivity contribution in [1.82, 2.24) is 10.1 Å². The lowest BCUT2D eigenvalue weighted by atomic mass is 10.4. The third kappa shape index (κ3) is 2.63. The number of aromatic nitrogens is 2. The summed E-state index contributed by atoms with van der Waals surface area (Å²) in [5.74, 6) is 0.343. The quantitative estimate of drug-likeness (QED) is 0.814. The Morgan fingerprint density at radius 3 is 2.93 bits per heavy atom. The second kappa shape index (κ2) is 3.74. The van der Waals surface area contributed by atoms with Gasteiger partial charge in [0, 0.05) is 6.26 Å². The van der Waals surface area contributed by atoms with Gasteiger partial charge in [0.15, 0.2) is 9.84 Å². The minimum atomic E-state index is -3.13. The van der Waals surface area contributed by atoms with Crippen molar-refractivity contribution in [3.63, 3.8) is 0 Å². The highest BCUT2D eigenvalue weighted by molar-refractivity contribution is 7.89. The molecule has 15 heavy (non-hydrogen) atoms. The van der Waals surface area contributed by atoms with Gasteiger partial charge in [-0.3, -0.25) is 0 Å². The average molecular weight is 244 g/mol. The monoisotopic (exact) mass is 244 g/mol. The average Bonchev–Trinajstić information content (AvgIpc) is 2.68. The Labute approximate surface area is 90.7 Å². The lowest BCUT2D eigenvalue weighted by molar-refractivity contribution is 0.389. The number of rotatable bonds is 3. The van der Waals surface area contributed by atoms with E-state index in [1.165, 1.54) is 11.3 Å². The minimum Gasteiger partial charge on any atom is -0.338 e. The zero-order chi connectivity index (χ0) is 10.9. The summed E-state index contributed by atoms with van der Waals surface area (Å²) < 4.78 is 26.8. The molecule has 0 aliphatic rings. The lowest BCUT2D eigenvalue weighted by Crippen LogP contribution is -2.00. The summed E-state index contributed by atoms with van der Waals surface area (Å²) in [6, 6.07) is 3.71. The summed E-state index contributed by atoms with van der Waals surface area (Å²) in [5, 5.41) is 5.59. The SMILES string of the molecule is CS(=O)(=O)Cc1nc(-c2cccs2)no1. The van der Waals surface area contributed by atoms with Crippen LogP contribution in [0.3, 0.4) is 0 Å². The molecule has 0 aliphatic carbocycles. The Balaban J connectivity index is 2.25. The molecule has 7 heteroatoms. The maximum absolute atomic E-state index is 11.0. The van der Waals surface area contributed by atoms with Crippen LogP contribution in [0, 0.1) is 0 Å². The third-order valence-corrected chi connectivity index (χ3v) is 3.23. The van der Waals surface area contributed by atoms with Crippen LogP contribution < -0.4 is 0 Å². The molecule has 2 aromatic rings. The lowest BCUT2D eigenvalue weighted by Gasteiger charge is -1.88. The van der Waals surface area contributed by atoms with Crippen molar-refractivity contribution in [2.45, 2.75) is 5.75 Å². The minimum absolute atomic E-state index is 0.126. The number of hydrogen-bond donors (Lipinski definition) is 0. The van der Waals surface area contributed by atoms with Gasteiger partial charge in [0.05, 0.1) is 4.88 Å². The molecule has 0 N–H and O–H groups in total. The second-order valence-corrected chi connectivity index (χ2v) is 6.15. The number of sulfone groups is 1. The standard InChI is InChI=1S/C8H8N2O3S2/c1-15(11,12)5-7-9-8(10-13-7)6-3-2-4-14-6/h2-4H,5H2,1H3. The second-order valence-electron chi connectivity index (χ2n) is 3.06. The fourth-order valence-electron chi connectivity index (χ4n) is 1.04. The van der Waals surface area contributed by atoms with Crippen LogP contribution >= 0.6 is 11.3 Å². The van der Waals surface area contributed by atoms with Crippen LogP contribution in [0.15, 0.2) is 22.0 Å². The summed E-state index contributed by atoms with van der Waals surface area (Å²) in [6.07, 6.45) is 1.13. The van der Waals surface area contributed by atoms with Gasteiger partial charge in [-0.15, -0.1) is 11.3 Å². The Hall–Kier alpha value is -1.21. The first-order chi connectivity index (χ1) is 7.04. The largest absolute Gasteiger partial charge is 0.338 e. The van der Waals surface area contributed by atoms with Crippen molar-refractivity contribution >= 4 is 21.2 Å². The molecule has 5 nitrogen and oxygen atoms in total. The maximum Gasteiger partial charge on any atom is 0.242 e. The van der Waals surface area contributed by atoms with E-state index in [-0.39, 0.29) is 11.6 Å². The van der Waals surface area contributed by atoms with Gasteiger partial charge in [-0.25, -0.2) is 8.42 Å². The van der Waals surface area contributed by atoms with Crippen molar-refractivity contribution < 1.29 is 12.9 Å². The van der Waals surface area contributed by atoms with E-state index in [0.717, 1.165) is 11.1 Å². The Bertz CT molecular complexity index is 542. The first-order valence-corrected chi connectivity index (χ1v) is 7.03. The van der Waals surface area contributed by atoms with Crippen molar-refractivity contribution in [1.29, 1.82) is 0 Å². The highest BCUT2D eigenvalue weighted by Gasteiger charge is 2.13. The summed E-state index contributed by atoms with van der Waals surface area (Å²) in [5.41, 5.74) is 0. The molecular formula is C8H8N2O3S2. The van der Waals surface area contributed by atoms with Crippen molar-refractivity contribution in [2.24, 2.45) is 0 Å². The Kier molecular flexibility index (Phi) is 2.57. The molecule has 80 valence electrons. The molecule has 0 fully saturated rings. The van der Waals surface area contributed by atoms with Crippen LogP contribution in [0.4, 0.5) is 0 Å². The van der Waals surface area contributed by atoms with Gasteiger partial charge >= 0.3 is 0 Å². The normalized spacial score (nSPS) is 11.8. The van der Waals surface area contributed by atoms with Crippen LogP contribution in [0.1, 0.15) is 5.89 Å². The van der Waals surface area contributed by atoms with Crippen LogP contribution in [0.2, 0.25) is 0 Å². The van der Waals surface area contributed by atoms with Crippen LogP contribution in [0.25, 0.3) is 10.7 Å². The van der Waals surface area contributed by atoms with E-state index >= 15 is 0 Å². The van der Waals surface area contributed by atoms with E-state index in [9.17, 15) is 8.42 Å². The van der Waals surface area contributed by atoms with Crippen molar-refractivity contribution in [3.05, 3.63) is 23.4 Å². The molecule has 0 bridgehead atoms. The molecule has 0 aromatic carbocycles. The number of hydrogen-bond acceptors (Lipinski definition) is 6. The predicted octanol–water partition coefficient (Wildman–Crippen LogP) is 1.34. The highest BCUT2D eigenvalue weighted by atomic mass is 32.2. The Morgan fingerprint density at radius 1 is 1.53 bits per heavy atom. The van der Waals surface area contributed by atoms with Crippen molar-refractivity contribution in [3.8, 4) is 10.7 Å². The molecule has 0 atom stereocenters. The molecule has 0 saturated carbocycles. The molecule has 0 saturated heterocycles. The van der Waals surface area contributed by atoms with Gasteiger partial charge in [-0.1, -0.05) is 11.2 Å². The number of thiophene rings is 1. The van der Waals surface area contributed by atoms with E-state index in [1.807, 2.05) is 17.5 Å². The smallest absolute Gasteiger partial charge is 0.242 e. The number of nitrogens with zero attached hydrogens (tertiary/aromatic N) is 2. The zero-order valence-corrected chi connectivity index (χ0v) is 9.51. The molecule has 2 aromatic heterocycles. The van der Waals surface area contributed by atoms with E-state index < -0.39 is 9.84 Å². The molecule has 2 heterocycles. The summed E-state index contributed by atoms with van der Waals surface area (Å²) in [4.78, 5) is 4.85. The third-order valence-electron chi connectivity index (χ3n) is 1.60. The van der Waals surface area contributed by atoms with Crippen molar-refractivity contribution in [2.75, 3.05) is 6.26 Å². The van der Waals surface area contributed by atoms with E-state index in [1.54, 1.807) is 0 Å². The zero-order valence-electron chi connectivity index (χ0n) is 7.87. The molecule has 0 unspecified atom stereocenters. The van der Waals surface area contributed by atoms with Crippen LogP contribution in [-0.4, -0.2) is 24.8 Å². The first kappa shape index (κ1) is 10.3. The molecule has 0 aliphatic heterocycles. The molecule has 2 rings (SSSR count). The first-order valence-electron chi connectivity index (χ1n) is 4.09. The van der Waals surface area contributed by atoms with Gasteiger partial charge in [-0.05, 0) is 11.4 Å². The van der Waals surface area contributed by atoms with E-state index in [2.05, 4.69) is 10.1 Å². The summed E-state index contributed by atoms with van der Waals surface area (Å²) >= 11 is 1.47. The maximum atomic E-state index is 11.0. The topological polar surface area (TPSA) is 73.1 Å². The molecule has 0 radical (unpaired) electrons. The van der Waals surface area contributed by atoms with Crippen LogP contribution in [0.5, 0.6) is 0 Å². The summed E-state index contributed by atoms with van der Waals surface area (Å²) in [7, 11) is -3.13. The summed E-state index contributed by atoms with van der Waals surface area (Å²) in [6.45, 7) is 0. The molecule has 0 amide bonds. The van der Waals surface area contributed by atoms with E-state index in [4.69, 9.17) is 4.52 Å². The Morgan fingerprint density at radius 2 is 2.33 bits per heavy atom. The fraction of sp³-hybridized carbons (Fsp3) is 0.250. The highest BCUT2D eigenvalue weighted by Crippen LogP contribution is 2.21. The predicted molar refractivity (Wildman–Crippen MR) is 56.2 cm³/mol. The van der Waals surface area contributed by atoms with Crippen LogP contribution in [-0.2, 0) is 15.6 Å². The van der Waals surface area contributed by atoms with Gasteiger partial charge in [0.25, 0.3) is 0 Å². The van der Waals surface area contributed by atoms with Gasteiger partial charge in [0.2, 0.25) is 11.7 Å². The van der Waals surface area contributed by atoms with Gasteiger partial charge in [0.1, 0.15) is 5.75 Å². The van der Waals surface area contributed by atoms with E-state index in [0.29, 0.717) is 5.82 Å². The fourth-order valence-corrected chi connectivity index (χ4v) is 2.26. The van der Waals surface area contributed by atoms with Gasteiger partial charge in [-0.2, -0.15) is 4.98 Å². The van der Waals surface area contributed by atoms with Gasteiger partial charge < -0.3 is 4.52 Å². The molecule has 0 spiro atoms. The molecular weight excluding hydrogens is 236 g/mol.